The maximum Gasteiger partial charge on any atom is 0.356 e. The lowest BCUT2D eigenvalue weighted by atomic mass is 10.2. The number of nitrogens with two attached hydrogens (primary N) is 1. The van der Waals surface area contributed by atoms with E-state index >= 15 is 0 Å². The molecule has 1 heterocycles. The van der Waals surface area contributed by atoms with Crippen LogP contribution in [0.4, 0.5) is 0 Å². The van der Waals surface area contributed by atoms with Crippen LogP contribution in [0.1, 0.15) is 10.4 Å². The number of nitrogens with zero attached hydrogens (tertiary/aromatic N) is 1. The van der Waals surface area contributed by atoms with E-state index in [0.29, 0.717) is 16.7 Å². The van der Waals surface area contributed by atoms with Gasteiger partial charge in [-0.15, -0.1) is 0 Å². The highest BCUT2D eigenvalue weighted by Crippen LogP contribution is 2.15. The van der Waals surface area contributed by atoms with E-state index in [0.717, 1.165) is 0 Å². The third kappa shape index (κ3) is 2.19. The number of hydrogen-bond acceptors (Lipinski definition) is 5. The van der Waals surface area contributed by atoms with Crippen LogP contribution in [0.2, 0.25) is 0 Å². The van der Waals surface area contributed by atoms with Gasteiger partial charge in [0.25, 0.3) is 0 Å². The van der Waals surface area contributed by atoms with Crippen molar-refractivity contribution < 1.29 is 9.63 Å². The Morgan fingerprint density at radius 3 is 2.50 bits per heavy atom. The van der Waals surface area contributed by atoms with Crippen molar-refractivity contribution in [1.82, 2.24) is 9.55 Å². The lowest BCUT2D eigenvalue weighted by Crippen LogP contribution is -2.35. The van der Waals surface area contributed by atoms with Crippen molar-refractivity contribution in [2.24, 2.45) is 5.90 Å². The summed E-state index contributed by atoms with van der Waals surface area (Å²) in [4.78, 5) is 42.1. The van der Waals surface area contributed by atoms with E-state index < -0.39 is 17.1 Å². The van der Waals surface area contributed by atoms with Gasteiger partial charge >= 0.3 is 17.1 Å². The maximum absolute atomic E-state index is 12.2. The molecule has 0 aliphatic heterocycles. The van der Waals surface area contributed by atoms with Gasteiger partial charge in [-0.3, -0.25) is 14.2 Å². The Labute approximate surface area is 123 Å². The number of aromatic nitrogens is 2. The van der Waals surface area contributed by atoms with E-state index in [1.807, 2.05) is 0 Å². The van der Waals surface area contributed by atoms with E-state index in [4.69, 9.17) is 5.90 Å². The highest BCUT2D eigenvalue weighted by Gasteiger charge is 2.12. The zero-order valence-electron chi connectivity index (χ0n) is 11.3. The Balaban J connectivity index is 2.37. The Kier molecular flexibility index (Phi) is 3.32. The lowest BCUT2D eigenvalue weighted by molar-refractivity contribution is 0.0503. The Hall–Kier alpha value is -3.19. The molecular formula is C15H11N3O4. The molecule has 0 aliphatic rings. The highest BCUT2D eigenvalue weighted by molar-refractivity contribution is 5.93. The largest absolute Gasteiger partial charge is 0.370 e. The molecule has 0 saturated carbocycles. The average molecular weight is 297 g/mol. The number of H-pyrrole nitrogens is 1. The van der Waals surface area contributed by atoms with Gasteiger partial charge in [0, 0.05) is 5.69 Å². The number of hydrogen-bond donors (Lipinski definition) is 2. The second-order valence-electron chi connectivity index (χ2n) is 4.57. The summed E-state index contributed by atoms with van der Waals surface area (Å²) in [5.41, 5.74) is 0.0323. The quantitative estimate of drug-likeness (QED) is 0.535. The van der Waals surface area contributed by atoms with Gasteiger partial charge < -0.3 is 9.82 Å². The predicted molar refractivity (Wildman–Crippen MR) is 79.8 cm³/mol. The monoisotopic (exact) mass is 297 g/mol. The maximum atomic E-state index is 12.2. The first kappa shape index (κ1) is 13.8. The van der Waals surface area contributed by atoms with Crippen molar-refractivity contribution in [2.75, 3.05) is 0 Å². The Morgan fingerprint density at radius 1 is 1.09 bits per heavy atom. The van der Waals surface area contributed by atoms with Gasteiger partial charge in [0.1, 0.15) is 0 Å². The third-order valence-electron chi connectivity index (χ3n) is 3.24. The minimum absolute atomic E-state index is 0.170. The molecule has 0 bridgehead atoms. The van der Waals surface area contributed by atoms with Crippen molar-refractivity contribution in [1.29, 1.82) is 0 Å². The van der Waals surface area contributed by atoms with E-state index in [9.17, 15) is 14.4 Å². The molecule has 0 saturated heterocycles. The van der Waals surface area contributed by atoms with Gasteiger partial charge in [0.15, 0.2) is 0 Å². The minimum Gasteiger partial charge on any atom is -0.370 e. The summed E-state index contributed by atoms with van der Waals surface area (Å²) < 4.78 is 1.28. The van der Waals surface area contributed by atoms with E-state index in [2.05, 4.69) is 9.82 Å². The van der Waals surface area contributed by atoms with Crippen LogP contribution in [0.3, 0.4) is 0 Å². The second kappa shape index (κ2) is 5.30. The van der Waals surface area contributed by atoms with Crippen molar-refractivity contribution in [3.8, 4) is 5.69 Å². The van der Waals surface area contributed by atoms with Crippen molar-refractivity contribution in [2.45, 2.75) is 0 Å². The average Bonchev–Trinajstić information content (AvgIpc) is 2.55. The molecule has 22 heavy (non-hydrogen) atoms. The molecule has 1 aromatic heterocycles. The number of carbonyl (C=O) groups excluding carboxylic acids is 1. The summed E-state index contributed by atoms with van der Waals surface area (Å²) in [6.07, 6.45) is 0. The number of nitrogens with one attached hydrogen (secondary N) is 1. The number of rotatable bonds is 2. The molecule has 7 nitrogen and oxygen atoms in total. The fourth-order valence-corrected chi connectivity index (χ4v) is 2.25. The van der Waals surface area contributed by atoms with Crippen LogP contribution in [-0.2, 0) is 4.84 Å². The molecule has 2 aromatic carbocycles. The van der Waals surface area contributed by atoms with Gasteiger partial charge in [-0.1, -0.05) is 18.2 Å². The number of fused-ring (bicyclic) bond motifs is 1. The summed E-state index contributed by atoms with van der Waals surface area (Å²) in [7, 11) is 0. The van der Waals surface area contributed by atoms with Crippen LogP contribution in [0.25, 0.3) is 16.7 Å². The molecule has 0 radical (unpaired) electrons. The van der Waals surface area contributed by atoms with E-state index in [-0.39, 0.29) is 5.56 Å². The lowest BCUT2D eigenvalue weighted by Gasteiger charge is -2.10. The van der Waals surface area contributed by atoms with Crippen molar-refractivity contribution in [3.63, 3.8) is 0 Å². The topological polar surface area (TPSA) is 107 Å². The molecular weight excluding hydrogens is 286 g/mol. The summed E-state index contributed by atoms with van der Waals surface area (Å²) in [5, 5.41) is 0. The summed E-state index contributed by atoms with van der Waals surface area (Å²) in [5.74, 6) is 4.11. The standard InChI is InChI=1S/C15H11N3O4/c16-22-15(21)9-6-7-12-11(8-9)17-13(19)14(20)18(12)10-4-2-1-3-5-10/h1-8H,16H2,(H,17,19). The van der Waals surface area contributed by atoms with Gasteiger partial charge in [-0.25, -0.2) is 4.79 Å². The molecule has 0 aliphatic carbocycles. The number of benzene rings is 2. The zero-order valence-corrected chi connectivity index (χ0v) is 11.3. The number of aromatic amines is 1. The third-order valence-corrected chi connectivity index (χ3v) is 3.24. The second-order valence-corrected chi connectivity index (χ2v) is 4.57. The number of para-hydroxylation sites is 1. The first-order chi connectivity index (χ1) is 10.6. The highest BCUT2D eigenvalue weighted by atomic mass is 16.7. The van der Waals surface area contributed by atoms with E-state index in [1.165, 1.54) is 16.7 Å². The molecule has 110 valence electrons. The minimum atomic E-state index is -0.783. The van der Waals surface area contributed by atoms with E-state index in [1.54, 1.807) is 36.4 Å². The first-order valence-corrected chi connectivity index (χ1v) is 6.37. The fourth-order valence-electron chi connectivity index (χ4n) is 2.25. The van der Waals surface area contributed by atoms with Gasteiger partial charge in [0.05, 0.1) is 16.6 Å². The Bertz CT molecular complexity index is 973. The first-order valence-electron chi connectivity index (χ1n) is 6.37. The Morgan fingerprint density at radius 2 is 1.82 bits per heavy atom. The normalized spacial score (nSPS) is 10.6. The van der Waals surface area contributed by atoms with Crippen LogP contribution in [0.15, 0.2) is 58.1 Å². The van der Waals surface area contributed by atoms with Crippen LogP contribution in [0, 0.1) is 0 Å². The molecule has 3 aromatic rings. The van der Waals surface area contributed by atoms with Gasteiger partial charge in [-0.05, 0) is 30.3 Å². The van der Waals surface area contributed by atoms with Crippen LogP contribution < -0.4 is 17.0 Å². The number of carbonyl (C=O) groups is 1. The molecule has 0 unspecified atom stereocenters. The molecule has 0 atom stereocenters. The van der Waals surface area contributed by atoms with Gasteiger partial charge in [0.2, 0.25) is 0 Å². The predicted octanol–water partition coefficient (Wildman–Crippen LogP) is 0.709. The summed E-state index contributed by atoms with van der Waals surface area (Å²) >= 11 is 0. The molecule has 3 rings (SSSR count). The molecule has 7 heteroatoms. The molecule has 3 N–H and O–H groups in total. The molecule has 0 amide bonds. The van der Waals surface area contributed by atoms with Crippen LogP contribution >= 0.6 is 0 Å². The van der Waals surface area contributed by atoms with Crippen LogP contribution in [0.5, 0.6) is 0 Å². The van der Waals surface area contributed by atoms with Crippen molar-refractivity contribution >= 4 is 17.0 Å². The van der Waals surface area contributed by atoms with Crippen LogP contribution in [-0.4, -0.2) is 15.5 Å². The molecule has 0 spiro atoms. The molecule has 0 fully saturated rings. The van der Waals surface area contributed by atoms with Gasteiger partial charge in [-0.2, -0.15) is 5.90 Å². The summed E-state index contributed by atoms with van der Waals surface area (Å²) in [6.45, 7) is 0. The fraction of sp³-hybridized carbons (Fsp3) is 0. The zero-order chi connectivity index (χ0) is 15.7. The SMILES string of the molecule is NOC(=O)c1ccc2c(c1)[nH]c(=O)c(=O)n2-c1ccccc1. The smallest absolute Gasteiger partial charge is 0.356 e. The van der Waals surface area contributed by atoms with Crippen molar-refractivity contribution in [3.05, 3.63) is 74.8 Å². The summed E-state index contributed by atoms with van der Waals surface area (Å²) in [6, 6.07) is 13.2.